The number of pyridine rings is 1. The van der Waals surface area contributed by atoms with E-state index in [1.807, 2.05) is 32.4 Å². The number of hydrogen-bond acceptors (Lipinski definition) is 6. The van der Waals surface area contributed by atoms with Gasteiger partial charge in [0.25, 0.3) is 0 Å². The zero-order chi connectivity index (χ0) is 15.8. The van der Waals surface area contributed by atoms with Crippen molar-refractivity contribution in [2.45, 2.75) is 19.4 Å². The number of aromatic nitrogens is 5. The first-order valence-electron chi connectivity index (χ1n) is 7.67. The highest BCUT2D eigenvalue weighted by atomic mass is 16.5. The highest BCUT2D eigenvalue weighted by Gasteiger charge is 2.27. The molecule has 3 aromatic rings. The van der Waals surface area contributed by atoms with E-state index in [-0.39, 0.29) is 6.10 Å². The van der Waals surface area contributed by atoms with Gasteiger partial charge >= 0.3 is 0 Å². The third-order valence-electron chi connectivity index (χ3n) is 4.22. The second-order valence-electron chi connectivity index (χ2n) is 5.82. The van der Waals surface area contributed by atoms with Crippen LogP contribution in [0.15, 0.2) is 31.0 Å². The third-order valence-corrected chi connectivity index (χ3v) is 4.22. The molecular weight excluding hydrogens is 292 g/mol. The van der Waals surface area contributed by atoms with Gasteiger partial charge in [0, 0.05) is 38.0 Å². The van der Waals surface area contributed by atoms with Gasteiger partial charge in [-0.25, -0.2) is 9.97 Å². The Morgan fingerprint density at radius 3 is 3.04 bits per heavy atom. The Morgan fingerprint density at radius 1 is 1.26 bits per heavy atom. The van der Waals surface area contributed by atoms with E-state index < -0.39 is 0 Å². The van der Waals surface area contributed by atoms with E-state index in [0.717, 1.165) is 47.7 Å². The first-order valence-corrected chi connectivity index (χ1v) is 7.67. The number of nitrogens with zero attached hydrogens (tertiary/aromatic N) is 6. The lowest BCUT2D eigenvalue weighted by Gasteiger charge is -2.19. The van der Waals surface area contributed by atoms with Crippen LogP contribution in [-0.2, 0) is 7.05 Å². The normalized spacial score (nSPS) is 17.8. The van der Waals surface area contributed by atoms with Crippen LogP contribution in [0, 0.1) is 6.92 Å². The van der Waals surface area contributed by atoms with Crippen molar-refractivity contribution in [1.82, 2.24) is 24.7 Å². The molecule has 0 amide bonds. The van der Waals surface area contributed by atoms with Gasteiger partial charge in [0.05, 0.1) is 18.1 Å². The van der Waals surface area contributed by atoms with Gasteiger partial charge in [-0.2, -0.15) is 5.10 Å². The van der Waals surface area contributed by atoms with Gasteiger partial charge in [-0.1, -0.05) is 0 Å². The molecule has 1 saturated heterocycles. The second-order valence-corrected chi connectivity index (χ2v) is 5.82. The first-order chi connectivity index (χ1) is 11.2. The van der Waals surface area contributed by atoms with E-state index in [1.54, 1.807) is 17.2 Å². The third kappa shape index (κ3) is 2.48. The first kappa shape index (κ1) is 13.9. The maximum Gasteiger partial charge on any atom is 0.163 e. The van der Waals surface area contributed by atoms with Gasteiger partial charge in [0.1, 0.15) is 24.0 Å². The SMILES string of the molecule is Cc1cnccc1OC1CCN(c2ncnc3c2cnn3C)C1. The van der Waals surface area contributed by atoms with Crippen molar-refractivity contribution in [3.05, 3.63) is 36.5 Å². The zero-order valence-electron chi connectivity index (χ0n) is 13.2. The number of anilines is 1. The molecule has 1 atom stereocenters. The average Bonchev–Trinajstić information content (AvgIpc) is 3.17. The van der Waals surface area contributed by atoms with Crippen LogP contribution in [0.25, 0.3) is 11.0 Å². The fourth-order valence-corrected chi connectivity index (χ4v) is 2.99. The minimum Gasteiger partial charge on any atom is -0.488 e. The monoisotopic (exact) mass is 310 g/mol. The molecule has 0 N–H and O–H groups in total. The van der Waals surface area contributed by atoms with E-state index in [0.29, 0.717) is 0 Å². The number of rotatable bonds is 3. The molecular formula is C16H18N6O. The molecule has 1 unspecified atom stereocenters. The van der Waals surface area contributed by atoms with Crippen molar-refractivity contribution in [2.24, 2.45) is 7.05 Å². The molecule has 1 aliphatic rings. The van der Waals surface area contributed by atoms with Gasteiger partial charge in [0.15, 0.2) is 5.65 Å². The summed E-state index contributed by atoms with van der Waals surface area (Å²) < 4.78 is 7.90. The summed E-state index contributed by atoms with van der Waals surface area (Å²) in [6.45, 7) is 3.73. The van der Waals surface area contributed by atoms with Crippen LogP contribution in [0.1, 0.15) is 12.0 Å². The van der Waals surface area contributed by atoms with Crippen molar-refractivity contribution in [1.29, 1.82) is 0 Å². The highest BCUT2D eigenvalue weighted by Crippen LogP contribution is 2.27. The molecule has 0 saturated carbocycles. The van der Waals surface area contributed by atoms with Crippen molar-refractivity contribution in [2.75, 3.05) is 18.0 Å². The number of fused-ring (bicyclic) bond motifs is 1. The van der Waals surface area contributed by atoms with Crippen molar-refractivity contribution < 1.29 is 4.74 Å². The quantitative estimate of drug-likeness (QED) is 0.734. The van der Waals surface area contributed by atoms with E-state index >= 15 is 0 Å². The Kier molecular flexibility index (Phi) is 3.33. The summed E-state index contributed by atoms with van der Waals surface area (Å²) in [6, 6.07) is 1.92. The van der Waals surface area contributed by atoms with Crippen molar-refractivity contribution in [3.63, 3.8) is 0 Å². The summed E-state index contributed by atoms with van der Waals surface area (Å²) in [5, 5.41) is 5.26. The summed E-state index contributed by atoms with van der Waals surface area (Å²) >= 11 is 0. The molecule has 4 rings (SSSR count). The molecule has 118 valence electrons. The largest absolute Gasteiger partial charge is 0.488 e. The Balaban J connectivity index is 1.55. The van der Waals surface area contributed by atoms with Crippen molar-refractivity contribution >= 4 is 16.9 Å². The van der Waals surface area contributed by atoms with Gasteiger partial charge in [-0.15, -0.1) is 0 Å². The molecule has 23 heavy (non-hydrogen) atoms. The minimum absolute atomic E-state index is 0.151. The molecule has 0 spiro atoms. The maximum atomic E-state index is 6.13. The van der Waals surface area contributed by atoms with Crippen LogP contribution < -0.4 is 9.64 Å². The van der Waals surface area contributed by atoms with Crippen LogP contribution in [0.4, 0.5) is 5.82 Å². The Hall–Kier alpha value is -2.70. The molecule has 1 aliphatic heterocycles. The van der Waals surface area contributed by atoms with Crippen LogP contribution in [0.5, 0.6) is 5.75 Å². The number of aryl methyl sites for hydroxylation is 2. The molecule has 1 fully saturated rings. The van der Waals surface area contributed by atoms with E-state index in [9.17, 15) is 0 Å². The zero-order valence-corrected chi connectivity index (χ0v) is 13.2. The van der Waals surface area contributed by atoms with E-state index in [4.69, 9.17) is 4.74 Å². The molecule has 0 aromatic carbocycles. The van der Waals surface area contributed by atoms with E-state index in [2.05, 4.69) is 25.0 Å². The molecule has 4 heterocycles. The fraction of sp³-hybridized carbons (Fsp3) is 0.375. The van der Waals surface area contributed by atoms with Gasteiger partial charge in [0.2, 0.25) is 0 Å². The minimum atomic E-state index is 0.151. The molecule has 7 nitrogen and oxygen atoms in total. The standard InChI is InChI=1S/C16H18N6O/c1-11-7-17-5-3-14(11)23-12-4-6-22(9-12)16-13-8-20-21(2)15(13)18-10-19-16/h3,5,7-8,10,12H,4,6,9H2,1-2H3. The lowest BCUT2D eigenvalue weighted by atomic mass is 10.2. The average molecular weight is 310 g/mol. The Bertz CT molecular complexity index is 845. The lowest BCUT2D eigenvalue weighted by molar-refractivity contribution is 0.223. The predicted molar refractivity (Wildman–Crippen MR) is 86.5 cm³/mol. The predicted octanol–water partition coefficient (Wildman–Crippen LogP) is 1.72. The topological polar surface area (TPSA) is 69.0 Å². The Morgan fingerprint density at radius 2 is 2.17 bits per heavy atom. The number of ether oxygens (including phenoxy) is 1. The summed E-state index contributed by atoms with van der Waals surface area (Å²) in [6.07, 6.45) is 8.13. The van der Waals surface area contributed by atoms with Crippen LogP contribution in [0.2, 0.25) is 0 Å². The summed E-state index contributed by atoms with van der Waals surface area (Å²) in [5.74, 6) is 1.83. The molecule has 0 radical (unpaired) electrons. The van der Waals surface area contributed by atoms with Gasteiger partial charge < -0.3 is 9.64 Å². The molecule has 3 aromatic heterocycles. The van der Waals surface area contributed by atoms with Crippen LogP contribution in [-0.4, -0.2) is 43.9 Å². The smallest absolute Gasteiger partial charge is 0.163 e. The molecule has 0 bridgehead atoms. The summed E-state index contributed by atoms with van der Waals surface area (Å²) in [7, 11) is 1.89. The summed E-state index contributed by atoms with van der Waals surface area (Å²) in [5.41, 5.74) is 1.91. The summed E-state index contributed by atoms with van der Waals surface area (Å²) in [4.78, 5) is 15.1. The molecule has 7 heteroatoms. The fourth-order valence-electron chi connectivity index (χ4n) is 2.99. The highest BCUT2D eigenvalue weighted by molar-refractivity contribution is 5.86. The maximum absolute atomic E-state index is 6.13. The van der Waals surface area contributed by atoms with E-state index in [1.165, 1.54) is 0 Å². The van der Waals surface area contributed by atoms with Crippen LogP contribution in [0.3, 0.4) is 0 Å². The Labute approximate surface area is 133 Å². The lowest BCUT2D eigenvalue weighted by Crippen LogP contribution is -2.25. The van der Waals surface area contributed by atoms with Crippen molar-refractivity contribution in [3.8, 4) is 5.75 Å². The number of hydrogen-bond donors (Lipinski definition) is 0. The van der Waals surface area contributed by atoms with Gasteiger partial charge in [-0.3, -0.25) is 9.67 Å². The van der Waals surface area contributed by atoms with Crippen LogP contribution >= 0.6 is 0 Å². The molecule has 0 aliphatic carbocycles. The second kappa shape index (κ2) is 5.49. The van der Waals surface area contributed by atoms with Gasteiger partial charge in [-0.05, 0) is 13.0 Å².